The number of methoxy groups -OCH3 is 1. The Bertz CT molecular complexity index is 2270. The number of pyridine rings is 1. The van der Waals surface area contributed by atoms with Crippen LogP contribution in [0.5, 0.6) is 11.5 Å². The summed E-state index contributed by atoms with van der Waals surface area (Å²) in [5.41, 5.74) is 1.68. The molecule has 0 bridgehead atoms. The molecule has 3 aliphatic carbocycles. The molecule has 5 atom stereocenters. The number of sulfonamides is 1. The third-order valence-corrected chi connectivity index (χ3v) is 14.6. The first kappa shape index (κ1) is 40.0. The molecule has 2 aliphatic heterocycles. The molecule has 1 aromatic carbocycles. The molecule has 5 aliphatic rings. The third kappa shape index (κ3) is 8.11. The first-order valence-electron chi connectivity index (χ1n) is 20.2. The van der Waals surface area contributed by atoms with Crippen molar-refractivity contribution in [3.8, 4) is 22.2 Å². The van der Waals surface area contributed by atoms with Crippen LogP contribution in [-0.4, -0.2) is 109 Å². The molecular formula is C41H51N7O8S2. The van der Waals surface area contributed by atoms with Crippen molar-refractivity contribution in [2.24, 2.45) is 5.92 Å². The molecule has 3 saturated carbocycles. The quantitative estimate of drug-likeness (QED) is 0.258. The zero-order valence-electron chi connectivity index (χ0n) is 33.3. The first-order chi connectivity index (χ1) is 27.8. The monoisotopic (exact) mass is 833 g/mol. The van der Waals surface area contributed by atoms with Crippen LogP contribution in [0, 0.1) is 12.8 Å². The normalized spacial score (nSPS) is 26.4. The van der Waals surface area contributed by atoms with Gasteiger partial charge in [0, 0.05) is 54.7 Å². The Labute approximate surface area is 342 Å². The lowest BCUT2D eigenvalue weighted by atomic mass is 10.0. The highest BCUT2D eigenvalue weighted by molar-refractivity contribution is 7.91. The second-order valence-electron chi connectivity index (χ2n) is 16.5. The van der Waals surface area contributed by atoms with Crippen molar-refractivity contribution in [1.29, 1.82) is 0 Å². The number of carbonyl (C=O) groups is 4. The number of rotatable bonds is 9. The van der Waals surface area contributed by atoms with Gasteiger partial charge in [-0.1, -0.05) is 25.0 Å². The van der Waals surface area contributed by atoms with Crippen LogP contribution >= 0.6 is 11.3 Å². The molecule has 8 rings (SSSR count). The van der Waals surface area contributed by atoms with Crippen molar-refractivity contribution in [3.63, 3.8) is 0 Å². The molecule has 58 heavy (non-hydrogen) atoms. The van der Waals surface area contributed by atoms with E-state index in [4.69, 9.17) is 19.4 Å². The summed E-state index contributed by atoms with van der Waals surface area (Å²) in [6.07, 6.45) is 9.97. The van der Waals surface area contributed by atoms with E-state index in [1.54, 1.807) is 21.2 Å². The van der Waals surface area contributed by atoms with Crippen molar-refractivity contribution in [3.05, 3.63) is 47.0 Å². The fraction of sp³-hybridized carbons (Fsp3) is 0.561. The maximum atomic E-state index is 14.6. The molecule has 0 unspecified atom stereocenters. The Balaban J connectivity index is 1.14. The molecule has 0 radical (unpaired) electrons. The predicted molar refractivity (Wildman–Crippen MR) is 218 cm³/mol. The number of thiazole rings is 1. The van der Waals surface area contributed by atoms with Crippen LogP contribution in [0.15, 0.2) is 35.7 Å². The van der Waals surface area contributed by atoms with E-state index in [9.17, 15) is 27.6 Å². The number of nitrogens with one attached hydrogen (secondary N) is 3. The van der Waals surface area contributed by atoms with Gasteiger partial charge in [0.1, 0.15) is 45.9 Å². The van der Waals surface area contributed by atoms with Gasteiger partial charge in [-0.2, -0.15) is 0 Å². The highest BCUT2D eigenvalue weighted by Crippen LogP contribution is 2.47. The second-order valence-corrected chi connectivity index (χ2v) is 19.4. The number of ether oxygens (including phenoxy) is 2. The molecule has 310 valence electrons. The Morgan fingerprint density at radius 3 is 2.57 bits per heavy atom. The second kappa shape index (κ2) is 15.8. The van der Waals surface area contributed by atoms with E-state index in [0.29, 0.717) is 60.7 Å². The molecule has 4 heterocycles. The van der Waals surface area contributed by atoms with Crippen LogP contribution in [0.3, 0.4) is 0 Å². The molecule has 17 heteroatoms. The highest BCUT2D eigenvalue weighted by atomic mass is 32.2. The number of amides is 5. The lowest BCUT2D eigenvalue weighted by Crippen LogP contribution is -2.58. The number of urea groups is 1. The topological polar surface area (TPSA) is 189 Å². The minimum Gasteiger partial charge on any atom is -0.496 e. The Hall–Kier alpha value is -4.77. The van der Waals surface area contributed by atoms with Gasteiger partial charge in [0.05, 0.1) is 30.1 Å². The molecule has 5 amide bonds. The summed E-state index contributed by atoms with van der Waals surface area (Å²) in [6.45, 7) is 1.94. The number of nitrogens with zero attached hydrogens (tertiary/aromatic N) is 4. The molecule has 15 nitrogen and oxygen atoms in total. The molecule has 4 fully saturated rings. The SMILES string of the molecule is COc1ccc2c(O[C@@H]3C[C@H]4C(=O)N[C@]5(C(=O)NS(=O)(=O)C6CC6)C[C@H]5C=CCCCCC[C@H](NC(=O)N(C)C)C(=O)N4C3)cc(-c3nc(C4CC4)cs3)nc2c1C. The number of hydrogen-bond acceptors (Lipinski definition) is 11. The van der Waals surface area contributed by atoms with Crippen LogP contribution in [0.1, 0.15) is 87.8 Å². The Morgan fingerprint density at radius 2 is 1.84 bits per heavy atom. The summed E-state index contributed by atoms with van der Waals surface area (Å²) in [6, 6.07) is 3.13. The van der Waals surface area contributed by atoms with Gasteiger partial charge in [0.25, 0.3) is 5.91 Å². The number of fused-ring (bicyclic) bond motifs is 3. The van der Waals surface area contributed by atoms with Gasteiger partial charge in [-0.15, -0.1) is 11.3 Å². The van der Waals surface area contributed by atoms with E-state index in [1.165, 1.54) is 21.1 Å². The van der Waals surface area contributed by atoms with Crippen molar-refractivity contribution < 1.29 is 37.1 Å². The van der Waals surface area contributed by atoms with Gasteiger partial charge >= 0.3 is 6.03 Å². The molecular weight excluding hydrogens is 783 g/mol. The summed E-state index contributed by atoms with van der Waals surface area (Å²) in [5.74, 6) is -0.602. The highest BCUT2D eigenvalue weighted by Gasteiger charge is 2.62. The summed E-state index contributed by atoms with van der Waals surface area (Å²) in [5, 5.41) is 8.72. The summed E-state index contributed by atoms with van der Waals surface area (Å²) < 4.78 is 40.5. The molecule has 2 aromatic heterocycles. The van der Waals surface area contributed by atoms with Crippen LogP contribution in [-0.2, 0) is 24.4 Å². The molecule has 0 spiro atoms. The van der Waals surface area contributed by atoms with Crippen molar-refractivity contribution in [2.75, 3.05) is 27.7 Å². The van der Waals surface area contributed by atoms with Crippen LogP contribution in [0.2, 0.25) is 0 Å². The number of benzene rings is 1. The standard InChI is InChI=1S/C41H51N7O8S2/c1-23-33(55-4)17-16-28-34(19-30(42-35(23)28)37-43-31(22-57-37)24-12-13-24)56-26-18-32-36(49)45-41(39(51)46-58(53,54)27-14-15-27)20-25(41)10-8-6-5-7-9-11-29(38(50)48(32)21-26)44-40(52)47(2)3/h8,10,16-17,19,22,24-27,29,32H,5-7,9,11-15,18,20-21H2,1-4H3,(H,44,52)(H,45,49)(H,46,51)/t25-,26-,29+,32+,41-/m1/s1. The fourth-order valence-electron chi connectivity index (χ4n) is 8.08. The number of carbonyl (C=O) groups excluding carboxylic acids is 4. The largest absolute Gasteiger partial charge is 0.496 e. The van der Waals surface area contributed by atoms with Crippen LogP contribution in [0.4, 0.5) is 4.79 Å². The molecule has 3 N–H and O–H groups in total. The number of aromatic nitrogens is 2. The zero-order chi connectivity index (χ0) is 40.9. The minimum absolute atomic E-state index is 0.0151. The number of allylic oxidation sites excluding steroid dienone is 1. The lowest BCUT2D eigenvalue weighted by Gasteiger charge is -2.30. The first-order valence-corrected chi connectivity index (χ1v) is 22.6. The maximum absolute atomic E-state index is 14.6. The maximum Gasteiger partial charge on any atom is 0.317 e. The lowest BCUT2D eigenvalue weighted by molar-refractivity contribution is -0.141. The average Bonchev–Trinajstić information content (AvgIpc) is 4.15. The third-order valence-electron chi connectivity index (χ3n) is 11.9. The Kier molecular flexibility index (Phi) is 10.9. The van der Waals surface area contributed by atoms with Gasteiger partial charge in [0.2, 0.25) is 21.8 Å². The van der Waals surface area contributed by atoms with Crippen molar-refractivity contribution in [1.82, 2.24) is 35.1 Å². The Morgan fingerprint density at radius 1 is 1.05 bits per heavy atom. The number of aryl methyl sites for hydroxylation is 1. The number of hydrogen-bond donors (Lipinski definition) is 3. The van der Waals surface area contributed by atoms with Gasteiger partial charge in [-0.05, 0) is 70.4 Å². The summed E-state index contributed by atoms with van der Waals surface area (Å²) >= 11 is 1.52. The summed E-state index contributed by atoms with van der Waals surface area (Å²) in [4.78, 5) is 68.7. The van der Waals surface area contributed by atoms with Crippen LogP contribution in [0.25, 0.3) is 21.6 Å². The van der Waals surface area contributed by atoms with Crippen molar-refractivity contribution in [2.45, 2.75) is 112 Å². The average molecular weight is 834 g/mol. The smallest absolute Gasteiger partial charge is 0.317 e. The van der Waals surface area contributed by atoms with Gasteiger partial charge < -0.3 is 29.9 Å². The van der Waals surface area contributed by atoms with E-state index in [2.05, 4.69) is 20.7 Å². The predicted octanol–water partition coefficient (Wildman–Crippen LogP) is 4.54. The van der Waals surface area contributed by atoms with Gasteiger partial charge in [-0.3, -0.25) is 19.1 Å². The van der Waals surface area contributed by atoms with E-state index >= 15 is 0 Å². The van der Waals surface area contributed by atoms with Gasteiger partial charge in [0.15, 0.2) is 0 Å². The summed E-state index contributed by atoms with van der Waals surface area (Å²) in [7, 11) is 0.899. The van der Waals surface area contributed by atoms with Crippen LogP contribution < -0.4 is 24.8 Å². The fourth-order valence-corrected chi connectivity index (χ4v) is 10.3. The van der Waals surface area contributed by atoms with Gasteiger partial charge in [-0.25, -0.2) is 23.2 Å². The zero-order valence-corrected chi connectivity index (χ0v) is 34.9. The van der Waals surface area contributed by atoms with E-state index < -0.39 is 68.7 Å². The molecule has 1 saturated heterocycles. The molecule has 3 aromatic rings. The van der Waals surface area contributed by atoms with E-state index in [0.717, 1.165) is 47.3 Å². The minimum atomic E-state index is -3.90. The van der Waals surface area contributed by atoms with E-state index in [1.807, 2.05) is 37.3 Å². The van der Waals surface area contributed by atoms with E-state index in [-0.39, 0.29) is 19.4 Å². The van der Waals surface area contributed by atoms with Crippen molar-refractivity contribution >= 4 is 56.0 Å².